The van der Waals surface area contributed by atoms with E-state index in [1.165, 1.54) is 25.7 Å². The van der Waals surface area contributed by atoms with Gasteiger partial charge in [0.15, 0.2) is 0 Å². The molecule has 1 saturated carbocycles. The van der Waals surface area contributed by atoms with Crippen molar-refractivity contribution in [3.8, 4) is 5.75 Å². The topological polar surface area (TPSA) is 38.3 Å². The molecule has 21 heavy (non-hydrogen) atoms. The van der Waals surface area contributed by atoms with Crippen molar-refractivity contribution >= 4 is 21.8 Å². The van der Waals surface area contributed by atoms with Gasteiger partial charge in [-0.15, -0.1) is 0 Å². The van der Waals surface area contributed by atoms with E-state index in [1.807, 2.05) is 24.3 Å². The van der Waals surface area contributed by atoms with Gasteiger partial charge < -0.3 is 10.1 Å². The average Bonchev–Trinajstić information content (AvgIpc) is 2.54. The molecule has 0 saturated heterocycles. The van der Waals surface area contributed by atoms with Gasteiger partial charge in [0.25, 0.3) is 0 Å². The molecule has 0 aromatic heterocycles. The highest BCUT2D eigenvalue weighted by Gasteiger charge is 2.24. The second kappa shape index (κ2) is 8.42. The van der Waals surface area contributed by atoms with Gasteiger partial charge in [0, 0.05) is 11.9 Å². The molecule has 1 aromatic carbocycles. The lowest BCUT2D eigenvalue weighted by Gasteiger charge is -2.30. The van der Waals surface area contributed by atoms with Gasteiger partial charge in [-0.05, 0) is 42.4 Å². The summed E-state index contributed by atoms with van der Waals surface area (Å²) in [6.45, 7) is 0.811. The number of rotatable bonds is 6. The van der Waals surface area contributed by atoms with Crippen LogP contribution in [-0.2, 0) is 11.2 Å². The third-order valence-corrected chi connectivity index (χ3v) is 5.18. The molecule has 1 amide bonds. The molecule has 4 heteroatoms. The molecule has 0 aliphatic heterocycles. The monoisotopic (exact) mass is 353 g/mol. The number of carbonyl (C=O) groups is 1. The number of alkyl halides is 1. The molecule has 1 aliphatic carbocycles. The summed E-state index contributed by atoms with van der Waals surface area (Å²) in [5.41, 5.74) is 1.02. The minimum Gasteiger partial charge on any atom is -0.497 e. The van der Waals surface area contributed by atoms with Gasteiger partial charge in [-0.3, -0.25) is 4.79 Å². The summed E-state index contributed by atoms with van der Waals surface area (Å²) in [4.78, 5) is 12.1. The Balaban J connectivity index is 1.78. The number of benzene rings is 1. The van der Waals surface area contributed by atoms with Gasteiger partial charge in [-0.25, -0.2) is 0 Å². The van der Waals surface area contributed by atoms with E-state index in [0.29, 0.717) is 18.3 Å². The van der Waals surface area contributed by atoms with Crippen LogP contribution in [0.5, 0.6) is 5.75 Å². The Morgan fingerprint density at radius 2 is 1.90 bits per heavy atom. The Bertz CT molecular complexity index is 447. The lowest BCUT2D eigenvalue weighted by atomic mass is 9.80. The van der Waals surface area contributed by atoms with Crippen LogP contribution in [0.2, 0.25) is 0 Å². The van der Waals surface area contributed by atoms with Crippen molar-refractivity contribution in [2.75, 3.05) is 19.0 Å². The van der Waals surface area contributed by atoms with Gasteiger partial charge in [0.2, 0.25) is 5.91 Å². The van der Waals surface area contributed by atoms with Gasteiger partial charge in [0.1, 0.15) is 5.75 Å². The van der Waals surface area contributed by atoms with Gasteiger partial charge in [0.05, 0.1) is 13.5 Å². The second-order valence-corrected chi connectivity index (χ2v) is 6.44. The maximum atomic E-state index is 12.1. The number of carbonyl (C=O) groups excluding carboxylic acids is 1. The number of nitrogens with one attached hydrogen (secondary N) is 1. The maximum absolute atomic E-state index is 12.1. The van der Waals surface area contributed by atoms with Crippen LogP contribution >= 0.6 is 15.9 Å². The highest BCUT2D eigenvalue weighted by atomic mass is 79.9. The molecule has 2 rings (SSSR count). The van der Waals surface area contributed by atoms with Crippen molar-refractivity contribution in [2.45, 2.75) is 32.1 Å². The Labute approximate surface area is 135 Å². The van der Waals surface area contributed by atoms with E-state index in [9.17, 15) is 4.79 Å². The zero-order chi connectivity index (χ0) is 15.1. The van der Waals surface area contributed by atoms with E-state index in [1.54, 1.807) is 7.11 Å². The molecule has 2 atom stereocenters. The molecule has 0 heterocycles. The van der Waals surface area contributed by atoms with Crippen molar-refractivity contribution < 1.29 is 9.53 Å². The minimum absolute atomic E-state index is 0.110. The zero-order valence-corrected chi connectivity index (χ0v) is 14.2. The van der Waals surface area contributed by atoms with Crippen molar-refractivity contribution in [2.24, 2.45) is 11.8 Å². The Morgan fingerprint density at radius 1 is 1.24 bits per heavy atom. The molecular formula is C17H24BrNO2. The normalized spacial score (nSPS) is 21.8. The molecule has 0 spiro atoms. The number of hydrogen-bond acceptors (Lipinski definition) is 2. The van der Waals surface area contributed by atoms with Crippen LogP contribution in [0, 0.1) is 11.8 Å². The summed E-state index contributed by atoms with van der Waals surface area (Å²) < 4.78 is 5.12. The first-order chi connectivity index (χ1) is 10.2. The number of ether oxygens (including phenoxy) is 1. The van der Waals surface area contributed by atoms with Crippen LogP contribution in [0.1, 0.15) is 31.2 Å². The first-order valence-electron chi connectivity index (χ1n) is 7.68. The fourth-order valence-corrected chi connectivity index (χ4v) is 3.84. The summed E-state index contributed by atoms with van der Waals surface area (Å²) in [5.74, 6) is 2.26. The van der Waals surface area contributed by atoms with Crippen molar-refractivity contribution in [1.82, 2.24) is 5.32 Å². The molecule has 0 bridgehead atoms. The van der Waals surface area contributed by atoms with Crippen LogP contribution in [0.3, 0.4) is 0 Å². The number of amides is 1. The molecule has 3 nitrogen and oxygen atoms in total. The minimum atomic E-state index is 0.110. The van der Waals surface area contributed by atoms with E-state index in [-0.39, 0.29) is 5.91 Å². The molecule has 116 valence electrons. The van der Waals surface area contributed by atoms with Crippen molar-refractivity contribution in [3.05, 3.63) is 29.8 Å². The second-order valence-electron chi connectivity index (χ2n) is 5.79. The van der Waals surface area contributed by atoms with Crippen LogP contribution in [0.25, 0.3) is 0 Å². The largest absolute Gasteiger partial charge is 0.497 e. The predicted octanol–water partition coefficient (Wildman–Crippen LogP) is 3.56. The van der Waals surface area contributed by atoms with E-state index in [0.717, 1.165) is 23.2 Å². The third-order valence-electron chi connectivity index (χ3n) is 4.35. The maximum Gasteiger partial charge on any atom is 0.224 e. The van der Waals surface area contributed by atoms with Gasteiger partial charge in [-0.1, -0.05) is 40.9 Å². The zero-order valence-electron chi connectivity index (χ0n) is 12.6. The Morgan fingerprint density at radius 3 is 2.52 bits per heavy atom. The summed E-state index contributed by atoms with van der Waals surface area (Å²) >= 11 is 3.60. The van der Waals surface area contributed by atoms with E-state index >= 15 is 0 Å². The molecule has 1 N–H and O–H groups in total. The van der Waals surface area contributed by atoms with Crippen LogP contribution in [0.4, 0.5) is 0 Å². The highest BCUT2D eigenvalue weighted by molar-refractivity contribution is 9.09. The van der Waals surface area contributed by atoms with Crippen LogP contribution in [-0.4, -0.2) is 24.9 Å². The molecular weight excluding hydrogens is 330 g/mol. The average molecular weight is 354 g/mol. The van der Waals surface area contributed by atoms with E-state index in [2.05, 4.69) is 21.2 Å². The summed E-state index contributed by atoms with van der Waals surface area (Å²) in [6.07, 6.45) is 5.58. The Kier molecular flexibility index (Phi) is 6.55. The third kappa shape index (κ3) is 5.03. The smallest absolute Gasteiger partial charge is 0.224 e. The molecule has 1 fully saturated rings. The Hall–Kier alpha value is -1.03. The van der Waals surface area contributed by atoms with Crippen molar-refractivity contribution in [3.63, 3.8) is 0 Å². The van der Waals surface area contributed by atoms with Crippen LogP contribution in [0.15, 0.2) is 24.3 Å². The predicted molar refractivity (Wildman–Crippen MR) is 88.9 cm³/mol. The lowest BCUT2D eigenvalue weighted by molar-refractivity contribution is -0.120. The number of halogens is 1. The first kappa shape index (κ1) is 16.3. The van der Waals surface area contributed by atoms with Gasteiger partial charge >= 0.3 is 0 Å². The lowest BCUT2D eigenvalue weighted by Crippen LogP contribution is -2.35. The van der Waals surface area contributed by atoms with Gasteiger partial charge in [-0.2, -0.15) is 0 Å². The SMILES string of the molecule is COc1ccc(CC(=O)NCC2CCCCC2CBr)cc1. The molecule has 0 radical (unpaired) electrons. The summed E-state index contributed by atoms with van der Waals surface area (Å²) in [5, 5.41) is 4.15. The summed E-state index contributed by atoms with van der Waals surface area (Å²) in [6, 6.07) is 7.68. The van der Waals surface area contributed by atoms with E-state index in [4.69, 9.17) is 4.74 Å². The highest BCUT2D eigenvalue weighted by Crippen LogP contribution is 2.30. The first-order valence-corrected chi connectivity index (χ1v) is 8.80. The molecule has 1 aliphatic rings. The fraction of sp³-hybridized carbons (Fsp3) is 0.588. The fourth-order valence-electron chi connectivity index (χ4n) is 2.99. The number of hydrogen-bond donors (Lipinski definition) is 1. The van der Waals surface area contributed by atoms with Crippen molar-refractivity contribution in [1.29, 1.82) is 0 Å². The van der Waals surface area contributed by atoms with E-state index < -0.39 is 0 Å². The molecule has 1 aromatic rings. The quantitative estimate of drug-likeness (QED) is 0.794. The summed E-state index contributed by atoms with van der Waals surface area (Å²) in [7, 11) is 1.65. The van der Waals surface area contributed by atoms with Crippen LogP contribution < -0.4 is 10.1 Å². The number of methoxy groups -OCH3 is 1. The standard InChI is InChI=1S/C17H24BrNO2/c1-21-16-8-6-13(7-9-16)10-17(20)19-12-15-5-3-2-4-14(15)11-18/h6-9,14-15H,2-5,10-12H2,1H3,(H,19,20). The molecule has 2 unspecified atom stereocenters.